The molecule has 0 spiro atoms. The second-order valence-electron chi connectivity index (χ2n) is 5.95. The zero-order chi connectivity index (χ0) is 16.8. The number of nitrogens with zero attached hydrogens (tertiary/aromatic N) is 1. The third-order valence-electron chi connectivity index (χ3n) is 4.32. The predicted molar refractivity (Wildman–Crippen MR) is 95.9 cm³/mol. The fraction of sp³-hybridized carbons (Fsp3) is 0.421. The average Bonchev–Trinajstić information content (AvgIpc) is 3.14. The number of amides is 1. The Balaban J connectivity index is 1.42. The summed E-state index contributed by atoms with van der Waals surface area (Å²) < 4.78 is 11.2. The number of carbonyl (C=O) groups excluding carboxylic acids is 1. The van der Waals surface area contributed by atoms with E-state index in [-0.39, 0.29) is 12.0 Å². The molecule has 128 valence electrons. The van der Waals surface area contributed by atoms with Gasteiger partial charge in [-0.1, -0.05) is 6.07 Å². The maximum absolute atomic E-state index is 12.3. The summed E-state index contributed by atoms with van der Waals surface area (Å²) in [4.78, 5) is 15.6. The molecule has 4 nitrogen and oxygen atoms in total. The first-order chi connectivity index (χ1) is 11.7. The Labute approximate surface area is 147 Å². The van der Waals surface area contributed by atoms with Gasteiger partial charge in [0.25, 0.3) is 0 Å². The van der Waals surface area contributed by atoms with Gasteiger partial charge in [-0.3, -0.25) is 4.79 Å². The van der Waals surface area contributed by atoms with E-state index in [1.54, 1.807) is 18.4 Å². The maximum atomic E-state index is 12.3. The van der Waals surface area contributed by atoms with E-state index >= 15 is 0 Å². The summed E-state index contributed by atoms with van der Waals surface area (Å²) in [5.74, 6) is 1.94. The topological polar surface area (TPSA) is 38.8 Å². The van der Waals surface area contributed by atoms with Crippen LogP contribution in [0.4, 0.5) is 0 Å². The van der Waals surface area contributed by atoms with Gasteiger partial charge in [-0.25, -0.2) is 0 Å². The van der Waals surface area contributed by atoms with Gasteiger partial charge >= 0.3 is 0 Å². The first-order valence-electron chi connectivity index (χ1n) is 8.35. The van der Waals surface area contributed by atoms with Gasteiger partial charge in [-0.15, -0.1) is 11.3 Å². The van der Waals surface area contributed by atoms with Crippen molar-refractivity contribution < 1.29 is 14.3 Å². The third-order valence-corrected chi connectivity index (χ3v) is 5.26. The molecule has 1 aromatic carbocycles. The van der Waals surface area contributed by atoms with E-state index in [1.165, 1.54) is 4.88 Å². The lowest BCUT2D eigenvalue weighted by Crippen LogP contribution is -2.41. The zero-order valence-electron chi connectivity index (χ0n) is 13.9. The zero-order valence-corrected chi connectivity index (χ0v) is 14.8. The van der Waals surface area contributed by atoms with Gasteiger partial charge in [-0.05, 0) is 42.1 Å². The van der Waals surface area contributed by atoms with Crippen LogP contribution in [0.25, 0.3) is 0 Å². The Bertz CT molecular complexity index is 631. The number of methoxy groups -OCH3 is 1. The molecule has 0 N–H and O–H groups in total. The second kappa shape index (κ2) is 8.20. The fourth-order valence-corrected chi connectivity index (χ4v) is 3.62. The van der Waals surface area contributed by atoms with Crippen molar-refractivity contribution in [2.75, 3.05) is 20.2 Å². The van der Waals surface area contributed by atoms with E-state index < -0.39 is 0 Å². The van der Waals surface area contributed by atoms with E-state index in [4.69, 9.17) is 9.47 Å². The predicted octanol–water partition coefficient (Wildman–Crippen LogP) is 3.76. The van der Waals surface area contributed by atoms with Crippen molar-refractivity contribution in [1.29, 1.82) is 0 Å². The van der Waals surface area contributed by atoms with Gasteiger partial charge in [0.05, 0.1) is 7.11 Å². The highest BCUT2D eigenvalue weighted by atomic mass is 32.1. The molecule has 1 aliphatic rings. The van der Waals surface area contributed by atoms with Crippen LogP contribution >= 0.6 is 11.3 Å². The normalized spacial score (nSPS) is 15.3. The molecule has 1 aromatic heterocycles. The van der Waals surface area contributed by atoms with Crippen molar-refractivity contribution in [2.24, 2.45) is 0 Å². The molecule has 0 bridgehead atoms. The minimum atomic E-state index is 0.180. The smallest absolute Gasteiger partial charge is 0.222 e. The Hall–Kier alpha value is -2.01. The molecule has 0 unspecified atom stereocenters. The van der Waals surface area contributed by atoms with Crippen molar-refractivity contribution in [3.63, 3.8) is 0 Å². The number of likely N-dealkylation sites (tertiary alicyclic amines) is 1. The fourth-order valence-electron chi connectivity index (χ4n) is 2.91. The number of thiophene rings is 1. The molecule has 24 heavy (non-hydrogen) atoms. The molecule has 0 atom stereocenters. The highest BCUT2D eigenvalue weighted by Crippen LogP contribution is 2.22. The number of piperidine rings is 1. The number of aryl methyl sites for hydroxylation is 1. The highest BCUT2D eigenvalue weighted by molar-refractivity contribution is 7.09. The summed E-state index contributed by atoms with van der Waals surface area (Å²) >= 11 is 1.72. The molecule has 0 radical (unpaired) electrons. The molecule has 5 heteroatoms. The molecular weight excluding hydrogens is 322 g/mol. The molecule has 3 rings (SSSR count). The van der Waals surface area contributed by atoms with Gasteiger partial charge in [0.2, 0.25) is 5.91 Å². The van der Waals surface area contributed by atoms with Gasteiger partial charge < -0.3 is 14.4 Å². The molecule has 2 aromatic rings. The SMILES string of the molecule is COc1ccc(OC2CCN(C(=O)CCc3cccs3)CC2)cc1. The van der Waals surface area contributed by atoms with Crippen molar-refractivity contribution in [3.05, 3.63) is 46.7 Å². The monoisotopic (exact) mass is 345 g/mol. The average molecular weight is 345 g/mol. The van der Waals surface area contributed by atoms with Crippen molar-refractivity contribution in [2.45, 2.75) is 31.8 Å². The number of hydrogen-bond acceptors (Lipinski definition) is 4. The van der Waals surface area contributed by atoms with E-state index in [1.807, 2.05) is 35.2 Å². The minimum Gasteiger partial charge on any atom is -0.497 e. The van der Waals surface area contributed by atoms with Crippen LogP contribution in [0.3, 0.4) is 0 Å². The Morgan fingerprint density at radius 3 is 2.50 bits per heavy atom. The third kappa shape index (κ3) is 4.51. The number of hydrogen-bond donors (Lipinski definition) is 0. The Kier molecular flexibility index (Phi) is 5.75. The van der Waals surface area contributed by atoms with Crippen LogP contribution in [0.5, 0.6) is 11.5 Å². The first-order valence-corrected chi connectivity index (χ1v) is 9.23. The van der Waals surface area contributed by atoms with Gasteiger partial charge in [-0.2, -0.15) is 0 Å². The molecule has 0 saturated carbocycles. The summed E-state index contributed by atoms with van der Waals surface area (Å²) in [6.45, 7) is 1.56. The van der Waals surface area contributed by atoms with E-state index in [2.05, 4.69) is 11.4 Å². The molecule has 1 aliphatic heterocycles. The van der Waals surface area contributed by atoms with Crippen molar-refractivity contribution in [1.82, 2.24) is 4.90 Å². The van der Waals surface area contributed by atoms with Crippen molar-refractivity contribution in [3.8, 4) is 11.5 Å². The number of rotatable bonds is 6. The van der Waals surface area contributed by atoms with E-state index in [9.17, 15) is 4.79 Å². The summed E-state index contributed by atoms with van der Waals surface area (Å²) in [6.07, 6.45) is 3.40. The molecular formula is C19H23NO3S. The summed E-state index contributed by atoms with van der Waals surface area (Å²) in [5, 5.41) is 2.06. The molecule has 2 heterocycles. The first kappa shape index (κ1) is 16.8. The summed E-state index contributed by atoms with van der Waals surface area (Å²) in [5.41, 5.74) is 0. The lowest BCUT2D eigenvalue weighted by molar-refractivity contribution is -0.132. The van der Waals surface area contributed by atoms with Gasteiger partial charge in [0.1, 0.15) is 17.6 Å². The number of carbonyl (C=O) groups is 1. The minimum absolute atomic E-state index is 0.180. The lowest BCUT2D eigenvalue weighted by atomic mass is 10.1. The van der Waals surface area contributed by atoms with Gasteiger partial charge in [0, 0.05) is 37.2 Å². The molecule has 1 fully saturated rings. The molecule has 1 saturated heterocycles. The molecule has 0 aliphatic carbocycles. The second-order valence-corrected chi connectivity index (χ2v) is 6.99. The Morgan fingerprint density at radius 1 is 1.17 bits per heavy atom. The molecule has 1 amide bonds. The van der Waals surface area contributed by atoms with Crippen LogP contribution in [0.2, 0.25) is 0 Å². The van der Waals surface area contributed by atoms with E-state index in [0.29, 0.717) is 6.42 Å². The van der Waals surface area contributed by atoms with Crippen LogP contribution in [-0.2, 0) is 11.2 Å². The maximum Gasteiger partial charge on any atom is 0.222 e. The summed E-state index contributed by atoms with van der Waals surface area (Å²) in [7, 11) is 1.65. The number of benzene rings is 1. The van der Waals surface area contributed by atoms with Crippen LogP contribution < -0.4 is 9.47 Å². The Morgan fingerprint density at radius 2 is 1.88 bits per heavy atom. The van der Waals surface area contributed by atoms with Crippen molar-refractivity contribution >= 4 is 17.2 Å². The quantitative estimate of drug-likeness (QED) is 0.800. The van der Waals surface area contributed by atoms with Gasteiger partial charge in [0.15, 0.2) is 0 Å². The van der Waals surface area contributed by atoms with E-state index in [0.717, 1.165) is 43.9 Å². The summed E-state index contributed by atoms with van der Waals surface area (Å²) in [6, 6.07) is 11.8. The lowest BCUT2D eigenvalue weighted by Gasteiger charge is -2.32. The van der Waals surface area contributed by atoms with Crippen LogP contribution in [0, 0.1) is 0 Å². The standard InChI is InChI=1S/C19H23NO3S/c1-22-15-4-6-16(7-5-15)23-17-10-12-20(13-11-17)19(21)9-8-18-3-2-14-24-18/h2-7,14,17H,8-13H2,1H3. The van der Waals surface area contributed by atoms with Crippen LogP contribution in [0.1, 0.15) is 24.1 Å². The number of ether oxygens (including phenoxy) is 2. The largest absolute Gasteiger partial charge is 0.497 e. The van der Waals surface area contributed by atoms with Crippen LogP contribution in [-0.4, -0.2) is 37.1 Å². The van der Waals surface area contributed by atoms with Crippen LogP contribution in [0.15, 0.2) is 41.8 Å². The highest BCUT2D eigenvalue weighted by Gasteiger charge is 2.23.